The average Bonchev–Trinajstić information content (AvgIpc) is 2.68. The predicted molar refractivity (Wildman–Crippen MR) is 117 cm³/mol. The van der Waals surface area contributed by atoms with Crippen LogP contribution >= 0.6 is 0 Å². The second kappa shape index (κ2) is 10.9. The summed E-state index contributed by atoms with van der Waals surface area (Å²) in [6.07, 6.45) is 0. The molecule has 0 saturated heterocycles. The number of para-hydroxylation sites is 1. The number of nitrogens with one attached hydrogen (secondary N) is 3. The first-order chi connectivity index (χ1) is 14.3. The molecule has 3 amide bonds. The zero-order valence-corrected chi connectivity index (χ0v) is 17.3. The van der Waals surface area contributed by atoms with Gasteiger partial charge in [0, 0.05) is 23.9 Å². The summed E-state index contributed by atoms with van der Waals surface area (Å²) in [6.45, 7) is 5.26. The van der Waals surface area contributed by atoms with Crippen LogP contribution < -0.4 is 16.0 Å². The number of benzene rings is 2. The molecule has 8 nitrogen and oxygen atoms in total. The van der Waals surface area contributed by atoms with Crippen LogP contribution in [0.15, 0.2) is 48.5 Å². The molecule has 0 aromatic heterocycles. The molecule has 0 radical (unpaired) electrons. The topological polar surface area (TPSA) is 108 Å². The van der Waals surface area contributed by atoms with E-state index < -0.39 is 0 Å². The van der Waals surface area contributed by atoms with Crippen molar-refractivity contribution in [2.24, 2.45) is 0 Å². The zero-order valence-electron chi connectivity index (χ0n) is 17.3. The number of carbonyl (C=O) groups is 4. The fourth-order valence-electron chi connectivity index (χ4n) is 2.82. The highest BCUT2D eigenvalue weighted by molar-refractivity contribution is 6.04. The van der Waals surface area contributed by atoms with E-state index in [-0.39, 0.29) is 36.6 Å². The summed E-state index contributed by atoms with van der Waals surface area (Å²) in [5.74, 6) is -0.879. The van der Waals surface area contributed by atoms with E-state index in [2.05, 4.69) is 16.0 Å². The first kappa shape index (κ1) is 22.8. The lowest BCUT2D eigenvalue weighted by molar-refractivity contribution is -0.120. The fraction of sp³-hybridized carbons (Fsp3) is 0.273. The van der Waals surface area contributed by atoms with Gasteiger partial charge in [0.1, 0.15) is 0 Å². The second-order valence-electron chi connectivity index (χ2n) is 6.76. The maximum Gasteiger partial charge on any atom is 0.238 e. The first-order valence-electron chi connectivity index (χ1n) is 9.58. The van der Waals surface area contributed by atoms with Gasteiger partial charge in [-0.25, -0.2) is 0 Å². The number of hydrogen-bond acceptors (Lipinski definition) is 5. The molecule has 158 valence electrons. The van der Waals surface area contributed by atoms with E-state index in [1.54, 1.807) is 53.4 Å². The van der Waals surface area contributed by atoms with Crippen molar-refractivity contribution >= 4 is 40.6 Å². The van der Waals surface area contributed by atoms with E-state index in [0.29, 0.717) is 29.2 Å². The van der Waals surface area contributed by atoms with E-state index in [1.165, 1.54) is 13.8 Å². The monoisotopic (exact) mass is 410 g/mol. The third-order valence-electron chi connectivity index (χ3n) is 4.25. The molecule has 0 heterocycles. The summed E-state index contributed by atoms with van der Waals surface area (Å²) in [4.78, 5) is 49.1. The molecule has 0 bridgehead atoms. The Morgan fingerprint density at radius 2 is 1.30 bits per heavy atom. The van der Waals surface area contributed by atoms with Gasteiger partial charge in [-0.1, -0.05) is 19.1 Å². The van der Waals surface area contributed by atoms with Crippen LogP contribution in [-0.2, 0) is 14.4 Å². The van der Waals surface area contributed by atoms with Crippen molar-refractivity contribution in [3.8, 4) is 0 Å². The van der Waals surface area contributed by atoms with Crippen LogP contribution in [0.1, 0.15) is 31.1 Å². The summed E-state index contributed by atoms with van der Waals surface area (Å²) >= 11 is 0. The van der Waals surface area contributed by atoms with E-state index in [1.807, 2.05) is 6.92 Å². The number of nitrogens with zero attached hydrogens (tertiary/aromatic N) is 1. The summed E-state index contributed by atoms with van der Waals surface area (Å²) in [5, 5.41) is 8.15. The molecule has 30 heavy (non-hydrogen) atoms. The molecule has 0 saturated carbocycles. The quantitative estimate of drug-likeness (QED) is 0.551. The van der Waals surface area contributed by atoms with Crippen LogP contribution in [0.2, 0.25) is 0 Å². The number of hydrogen-bond donors (Lipinski definition) is 3. The maximum absolute atomic E-state index is 12.4. The third kappa shape index (κ3) is 7.14. The van der Waals surface area contributed by atoms with Crippen molar-refractivity contribution in [2.75, 3.05) is 35.6 Å². The summed E-state index contributed by atoms with van der Waals surface area (Å²) < 4.78 is 0. The molecular formula is C22H26N4O4. The van der Waals surface area contributed by atoms with E-state index in [9.17, 15) is 19.2 Å². The predicted octanol–water partition coefficient (Wildman–Crippen LogP) is 2.75. The first-order valence-corrected chi connectivity index (χ1v) is 9.58. The van der Waals surface area contributed by atoms with E-state index >= 15 is 0 Å². The fourth-order valence-corrected chi connectivity index (χ4v) is 2.82. The Kier molecular flexibility index (Phi) is 8.25. The van der Waals surface area contributed by atoms with Crippen LogP contribution in [0, 0.1) is 0 Å². The van der Waals surface area contributed by atoms with Crippen LogP contribution in [0.3, 0.4) is 0 Å². The summed E-state index contributed by atoms with van der Waals surface area (Å²) in [5.41, 5.74) is 2.12. The van der Waals surface area contributed by atoms with Crippen molar-refractivity contribution in [2.45, 2.75) is 20.8 Å². The number of carbonyl (C=O) groups excluding carboxylic acids is 4. The molecule has 0 aliphatic rings. The Balaban J connectivity index is 1.90. The van der Waals surface area contributed by atoms with Gasteiger partial charge in [-0.3, -0.25) is 24.1 Å². The highest BCUT2D eigenvalue weighted by Crippen LogP contribution is 2.16. The van der Waals surface area contributed by atoms with Gasteiger partial charge in [-0.15, -0.1) is 0 Å². The van der Waals surface area contributed by atoms with Crippen LogP contribution in [0.25, 0.3) is 0 Å². The van der Waals surface area contributed by atoms with E-state index in [4.69, 9.17) is 0 Å². The molecule has 0 aliphatic heterocycles. The van der Waals surface area contributed by atoms with E-state index in [0.717, 1.165) is 0 Å². The largest absolute Gasteiger partial charge is 0.326 e. The standard InChI is InChI=1S/C22H26N4O4/c1-4-26(14-22(30)25-20-8-6-5-7-19(20)15(2)27)13-21(29)24-18-11-9-17(10-12-18)23-16(3)28/h5-12H,4,13-14H2,1-3H3,(H,23,28)(H,24,29)(H,25,30). The molecule has 8 heteroatoms. The number of Topliss-reactive ketones (excluding diaryl/α,β-unsaturated/α-hetero) is 1. The minimum atomic E-state index is -0.307. The summed E-state index contributed by atoms with van der Waals surface area (Å²) in [6, 6.07) is 13.5. The minimum Gasteiger partial charge on any atom is -0.326 e. The number of anilines is 3. The maximum atomic E-state index is 12.4. The van der Waals surface area contributed by atoms with Gasteiger partial charge >= 0.3 is 0 Å². The number of likely N-dealkylation sites (N-methyl/N-ethyl adjacent to an activating group) is 1. The Bertz CT molecular complexity index is 925. The number of rotatable bonds is 9. The van der Waals surface area contributed by atoms with Crippen molar-refractivity contribution in [1.82, 2.24) is 4.90 Å². The number of amides is 3. The highest BCUT2D eigenvalue weighted by Gasteiger charge is 2.15. The average molecular weight is 410 g/mol. The smallest absolute Gasteiger partial charge is 0.238 e. The molecule has 0 unspecified atom stereocenters. The van der Waals surface area contributed by atoms with Crippen molar-refractivity contribution < 1.29 is 19.2 Å². The van der Waals surface area contributed by atoms with Crippen LogP contribution in [-0.4, -0.2) is 48.0 Å². The van der Waals surface area contributed by atoms with Crippen molar-refractivity contribution in [3.63, 3.8) is 0 Å². The lowest BCUT2D eigenvalue weighted by atomic mass is 10.1. The third-order valence-corrected chi connectivity index (χ3v) is 4.25. The van der Waals surface area contributed by atoms with Gasteiger partial charge in [-0.05, 0) is 49.9 Å². The lowest BCUT2D eigenvalue weighted by Crippen LogP contribution is -2.38. The molecule has 0 atom stereocenters. The summed E-state index contributed by atoms with van der Waals surface area (Å²) in [7, 11) is 0. The Labute approximate surface area is 175 Å². The molecule has 0 spiro atoms. The molecule has 2 rings (SSSR count). The van der Waals surface area contributed by atoms with Crippen molar-refractivity contribution in [3.05, 3.63) is 54.1 Å². The second-order valence-corrected chi connectivity index (χ2v) is 6.76. The SMILES string of the molecule is CCN(CC(=O)Nc1ccc(NC(C)=O)cc1)CC(=O)Nc1ccccc1C(C)=O. The van der Waals surface area contributed by atoms with Crippen molar-refractivity contribution in [1.29, 1.82) is 0 Å². The number of ketones is 1. The molecule has 0 aliphatic carbocycles. The molecule has 0 fully saturated rings. The van der Waals surface area contributed by atoms with Gasteiger partial charge < -0.3 is 16.0 Å². The van der Waals surface area contributed by atoms with Gasteiger partial charge in [-0.2, -0.15) is 0 Å². The Hall–Kier alpha value is -3.52. The normalized spacial score (nSPS) is 10.4. The Morgan fingerprint density at radius 3 is 1.83 bits per heavy atom. The van der Waals surface area contributed by atoms with Gasteiger partial charge in [0.2, 0.25) is 17.7 Å². The Morgan fingerprint density at radius 1 is 0.767 bits per heavy atom. The molecular weight excluding hydrogens is 384 g/mol. The lowest BCUT2D eigenvalue weighted by Gasteiger charge is -2.20. The van der Waals surface area contributed by atoms with Gasteiger partial charge in [0.05, 0.1) is 18.8 Å². The zero-order chi connectivity index (χ0) is 22.1. The highest BCUT2D eigenvalue weighted by atomic mass is 16.2. The molecule has 3 N–H and O–H groups in total. The minimum absolute atomic E-state index is 0.0115. The van der Waals surface area contributed by atoms with Gasteiger partial charge in [0.15, 0.2) is 5.78 Å². The van der Waals surface area contributed by atoms with Gasteiger partial charge in [0.25, 0.3) is 0 Å². The molecule has 2 aromatic rings. The molecule has 2 aromatic carbocycles. The van der Waals surface area contributed by atoms with Crippen LogP contribution in [0.5, 0.6) is 0 Å². The van der Waals surface area contributed by atoms with Crippen LogP contribution in [0.4, 0.5) is 17.1 Å².